The minimum absolute atomic E-state index is 0.0405. The van der Waals surface area contributed by atoms with Crippen molar-refractivity contribution in [3.63, 3.8) is 0 Å². The molecule has 0 bridgehead atoms. The number of hydrogen-bond acceptors (Lipinski definition) is 4. The Morgan fingerprint density at radius 1 is 1.13 bits per heavy atom. The highest BCUT2D eigenvalue weighted by Crippen LogP contribution is 2.26. The first-order chi connectivity index (χ1) is 10.9. The van der Waals surface area contributed by atoms with Gasteiger partial charge in [0.15, 0.2) is 0 Å². The van der Waals surface area contributed by atoms with Crippen LogP contribution in [0.4, 0.5) is 20.2 Å². The number of nitro groups is 1. The van der Waals surface area contributed by atoms with Crippen LogP contribution in [0.15, 0.2) is 53.4 Å². The normalized spacial score (nSPS) is 10.6. The Labute approximate surface area is 134 Å². The number of halogens is 2. The summed E-state index contributed by atoms with van der Waals surface area (Å²) in [5, 5.41) is 13.2. The standard InChI is InChI=1S/C15H12F2N2O3S/c16-15(17)23-13-7-3-11(4-8-13)18-14(20)9-10-1-5-12(6-2-10)19(21)22/h1-8,15H,9H2,(H,18,20). The summed E-state index contributed by atoms with van der Waals surface area (Å²) in [7, 11) is 0. The van der Waals surface area contributed by atoms with Gasteiger partial charge in [0.05, 0.1) is 11.3 Å². The number of anilines is 1. The molecule has 0 aliphatic carbocycles. The Balaban J connectivity index is 1.92. The van der Waals surface area contributed by atoms with Crippen LogP contribution < -0.4 is 5.32 Å². The van der Waals surface area contributed by atoms with Crippen molar-refractivity contribution in [1.82, 2.24) is 0 Å². The lowest BCUT2D eigenvalue weighted by Crippen LogP contribution is -2.14. The Morgan fingerprint density at radius 2 is 1.74 bits per heavy atom. The summed E-state index contributed by atoms with van der Waals surface area (Å²) in [6.45, 7) is 0. The lowest BCUT2D eigenvalue weighted by Gasteiger charge is -2.06. The summed E-state index contributed by atoms with van der Waals surface area (Å²) in [6, 6.07) is 11.8. The Hall–Kier alpha value is -2.48. The molecule has 0 atom stereocenters. The second-order valence-corrected chi connectivity index (χ2v) is 5.61. The van der Waals surface area contributed by atoms with E-state index >= 15 is 0 Å². The van der Waals surface area contributed by atoms with Gasteiger partial charge in [-0.15, -0.1) is 0 Å². The zero-order chi connectivity index (χ0) is 16.8. The van der Waals surface area contributed by atoms with Crippen molar-refractivity contribution in [3.8, 4) is 0 Å². The fourth-order valence-electron chi connectivity index (χ4n) is 1.85. The number of amides is 1. The van der Waals surface area contributed by atoms with Gasteiger partial charge < -0.3 is 5.32 Å². The van der Waals surface area contributed by atoms with Gasteiger partial charge in [-0.3, -0.25) is 14.9 Å². The van der Waals surface area contributed by atoms with Gasteiger partial charge >= 0.3 is 0 Å². The third kappa shape index (κ3) is 5.33. The van der Waals surface area contributed by atoms with Crippen LogP contribution in [0.25, 0.3) is 0 Å². The first kappa shape index (κ1) is 16.9. The van der Waals surface area contributed by atoms with E-state index in [2.05, 4.69) is 5.32 Å². The van der Waals surface area contributed by atoms with Crippen molar-refractivity contribution in [2.75, 3.05) is 5.32 Å². The number of hydrogen-bond donors (Lipinski definition) is 1. The molecule has 1 amide bonds. The van der Waals surface area contributed by atoms with E-state index in [0.29, 0.717) is 27.9 Å². The first-order valence-electron chi connectivity index (χ1n) is 6.52. The van der Waals surface area contributed by atoms with Crippen LogP contribution in [0.1, 0.15) is 5.56 Å². The number of carbonyl (C=O) groups is 1. The highest BCUT2D eigenvalue weighted by Gasteiger charge is 2.09. The molecule has 8 heteroatoms. The molecule has 0 aliphatic heterocycles. The molecule has 0 aliphatic rings. The molecule has 2 aromatic carbocycles. The topological polar surface area (TPSA) is 72.2 Å². The maximum atomic E-state index is 12.2. The third-order valence-electron chi connectivity index (χ3n) is 2.88. The van der Waals surface area contributed by atoms with Crippen molar-refractivity contribution >= 4 is 29.0 Å². The largest absolute Gasteiger partial charge is 0.326 e. The minimum atomic E-state index is -2.49. The van der Waals surface area contributed by atoms with E-state index in [0.717, 1.165) is 0 Å². The van der Waals surface area contributed by atoms with E-state index in [9.17, 15) is 23.7 Å². The molecule has 2 rings (SSSR count). The van der Waals surface area contributed by atoms with Crippen LogP contribution in [0.2, 0.25) is 0 Å². The van der Waals surface area contributed by atoms with E-state index in [1.165, 1.54) is 36.4 Å². The molecule has 0 unspecified atom stereocenters. The van der Waals surface area contributed by atoms with Crippen LogP contribution >= 0.6 is 11.8 Å². The second kappa shape index (κ2) is 7.68. The van der Waals surface area contributed by atoms with Gasteiger partial charge in [0.2, 0.25) is 5.91 Å². The van der Waals surface area contributed by atoms with E-state index in [-0.39, 0.29) is 18.0 Å². The molecule has 0 fully saturated rings. The summed E-state index contributed by atoms with van der Waals surface area (Å²) in [5.41, 5.74) is 1.09. The zero-order valence-electron chi connectivity index (χ0n) is 11.7. The van der Waals surface area contributed by atoms with Crippen LogP contribution in [-0.2, 0) is 11.2 Å². The van der Waals surface area contributed by atoms with Gasteiger partial charge in [-0.05, 0) is 29.8 Å². The van der Waals surface area contributed by atoms with E-state index < -0.39 is 10.7 Å². The van der Waals surface area contributed by atoms with Crippen LogP contribution in [0.3, 0.4) is 0 Å². The molecule has 23 heavy (non-hydrogen) atoms. The SMILES string of the molecule is O=C(Cc1ccc([N+](=O)[O-])cc1)Nc1ccc(SC(F)F)cc1. The van der Waals surface area contributed by atoms with Gasteiger partial charge in [0.1, 0.15) is 0 Å². The number of alkyl halides is 2. The molecule has 1 N–H and O–H groups in total. The van der Waals surface area contributed by atoms with Crippen LogP contribution in [0.5, 0.6) is 0 Å². The monoisotopic (exact) mass is 338 g/mol. The highest BCUT2D eigenvalue weighted by atomic mass is 32.2. The summed E-state index contributed by atoms with van der Waals surface area (Å²) in [6.07, 6.45) is 0.0610. The lowest BCUT2D eigenvalue weighted by molar-refractivity contribution is -0.384. The van der Waals surface area contributed by atoms with Crippen molar-refractivity contribution in [2.24, 2.45) is 0 Å². The van der Waals surface area contributed by atoms with Crippen molar-refractivity contribution in [3.05, 3.63) is 64.2 Å². The first-order valence-corrected chi connectivity index (χ1v) is 7.40. The van der Waals surface area contributed by atoms with Gasteiger partial charge in [0.25, 0.3) is 11.4 Å². The van der Waals surface area contributed by atoms with Crippen molar-refractivity contribution in [2.45, 2.75) is 17.1 Å². The fraction of sp³-hybridized carbons (Fsp3) is 0.133. The van der Waals surface area contributed by atoms with Gasteiger partial charge in [-0.2, -0.15) is 8.78 Å². The summed E-state index contributed by atoms with van der Waals surface area (Å²) in [4.78, 5) is 22.3. The Bertz CT molecular complexity index is 691. The lowest BCUT2D eigenvalue weighted by atomic mass is 10.1. The maximum absolute atomic E-state index is 12.2. The molecule has 0 spiro atoms. The predicted octanol–water partition coefficient (Wildman–Crippen LogP) is 4.09. The summed E-state index contributed by atoms with van der Waals surface area (Å²) in [5.74, 6) is -2.79. The van der Waals surface area contributed by atoms with Gasteiger partial charge in [-0.1, -0.05) is 23.9 Å². The van der Waals surface area contributed by atoms with Gasteiger partial charge in [0, 0.05) is 22.7 Å². The number of carbonyl (C=O) groups excluding carboxylic acids is 1. The molecule has 2 aromatic rings. The molecule has 0 radical (unpaired) electrons. The van der Waals surface area contributed by atoms with E-state index in [4.69, 9.17) is 0 Å². The summed E-state index contributed by atoms with van der Waals surface area (Å²) >= 11 is 0.431. The van der Waals surface area contributed by atoms with E-state index in [1.807, 2.05) is 0 Å². The number of nitrogens with zero attached hydrogens (tertiary/aromatic N) is 1. The molecule has 5 nitrogen and oxygen atoms in total. The third-order valence-corrected chi connectivity index (χ3v) is 3.60. The minimum Gasteiger partial charge on any atom is -0.326 e. The smallest absolute Gasteiger partial charge is 0.288 e. The molecular weight excluding hydrogens is 326 g/mol. The molecule has 0 saturated carbocycles. The molecule has 0 aromatic heterocycles. The Kier molecular flexibility index (Phi) is 5.64. The quantitative estimate of drug-likeness (QED) is 0.489. The number of rotatable bonds is 6. The molecule has 0 heterocycles. The highest BCUT2D eigenvalue weighted by molar-refractivity contribution is 7.99. The predicted molar refractivity (Wildman–Crippen MR) is 83.7 cm³/mol. The van der Waals surface area contributed by atoms with Crippen molar-refractivity contribution < 1.29 is 18.5 Å². The maximum Gasteiger partial charge on any atom is 0.288 e. The number of nitrogens with one attached hydrogen (secondary N) is 1. The second-order valence-electron chi connectivity index (χ2n) is 4.55. The van der Waals surface area contributed by atoms with Crippen LogP contribution in [-0.4, -0.2) is 16.6 Å². The molecular formula is C15H12F2N2O3S. The number of nitro benzene ring substituents is 1. The fourth-order valence-corrected chi connectivity index (χ4v) is 2.34. The number of benzene rings is 2. The van der Waals surface area contributed by atoms with Crippen LogP contribution in [0, 0.1) is 10.1 Å². The summed E-state index contributed by atoms with van der Waals surface area (Å²) < 4.78 is 24.4. The van der Waals surface area contributed by atoms with Gasteiger partial charge in [-0.25, -0.2) is 0 Å². The number of thioether (sulfide) groups is 1. The average Bonchev–Trinajstić information content (AvgIpc) is 2.49. The van der Waals surface area contributed by atoms with E-state index in [1.54, 1.807) is 12.1 Å². The number of non-ortho nitro benzene ring substituents is 1. The molecule has 120 valence electrons. The molecule has 0 saturated heterocycles. The zero-order valence-corrected chi connectivity index (χ0v) is 12.6. The average molecular weight is 338 g/mol. The van der Waals surface area contributed by atoms with Crippen molar-refractivity contribution in [1.29, 1.82) is 0 Å². The Morgan fingerprint density at radius 3 is 2.26 bits per heavy atom.